The van der Waals surface area contributed by atoms with Crippen molar-refractivity contribution >= 4 is 11.9 Å². The van der Waals surface area contributed by atoms with Gasteiger partial charge in [0.05, 0.1) is 5.92 Å². The van der Waals surface area contributed by atoms with Crippen molar-refractivity contribution in [3.8, 4) is 0 Å². The molecule has 0 bridgehead atoms. The molecule has 0 heterocycles. The van der Waals surface area contributed by atoms with Crippen LogP contribution >= 0.6 is 0 Å². The summed E-state index contributed by atoms with van der Waals surface area (Å²) in [7, 11) is 0. The summed E-state index contributed by atoms with van der Waals surface area (Å²) in [6.07, 6.45) is -0.636. The Labute approximate surface area is 116 Å². The van der Waals surface area contributed by atoms with Crippen LogP contribution in [0.5, 0.6) is 0 Å². The third kappa shape index (κ3) is 4.62. The first-order valence-corrected chi connectivity index (χ1v) is 6.33. The number of hydrogen-bond acceptors (Lipinski definition) is 3. The molecule has 0 radical (unpaired) electrons. The summed E-state index contributed by atoms with van der Waals surface area (Å²) >= 11 is 0. The molecule has 2 atom stereocenters. The lowest BCUT2D eigenvalue weighted by atomic mass is 9.99. The van der Waals surface area contributed by atoms with Gasteiger partial charge in [0.1, 0.15) is 11.9 Å². The van der Waals surface area contributed by atoms with Crippen LogP contribution in [0.4, 0.5) is 4.39 Å². The van der Waals surface area contributed by atoms with Gasteiger partial charge in [-0.15, -0.1) is 0 Å². The lowest BCUT2D eigenvalue weighted by molar-refractivity contribution is -0.139. The number of ether oxygens (including phenoxy) is 1. The summed E-state index contributed by atoms with van der Waals surface area (Å²) in [5.74, 6) is -2.82. The highest BCUT2D eigenvalue weighted by atomic mass is 19.1. The summed E-state index contributed by atoms with van der Waals surface area (Å²) in [5.41, 5.74) is 0.434. The average Bonchev–Trinajstić information content (AvgIpc) is 2.40. The highest BCUT2D eigenvalue weighted by Gasteiger charge is 2.22. The minimum absolute atomic E-state index is 0.0722. The van der Waals surface area contributed by atoms with Crippen molar-refractivity contribution in [2.75, 3.05) is 13.2 Å². The highest BCUT2D eigenvalue weighted by molar-refractivity contribution is 5.82. The molecule has 1 aromatic rings. The van der Waals surface area contributed by atoms with E-state index >= 15 is 0 Å². The van der Waals surface area contributed by atoms with Crippen molar-refractivity contribution in [3.63, 3.8) is 0 Å². The fourth-order valence-corrected chi connectivity index (χ4v) is 1.71. The van der Waals surface area contributed by atoms with Crippen LogP contribution in [0.1, 0.15) is 25.3 Å². The molecule has 0 saturated carbocycles. The Morgan fingerprint density at radius 3 is 2.45 bits per heavy atom. The number of aliphatic carboxylic acids is 1. The maximum Gasteiger partial charge on any atom is 0.312 e. The van der Waals surface area contributed by atoms with E-state index in [1.54, 1.807) is 13.8 Å². The van der Waals surface area contributed by atoms with Crippen LogP contribution in [-0.2, 0) is 14.3 Å². The van der Waals surface area contributed by atoms with Gasteiger partial charge in [-0.2, -0.15) is 0 Å². The van der Waals surface area contributed by atoms with E-state index in [2.05, 4.69) is 5.32 Å². The molecule has 1 aromatic carbocycles. The van der Waals surface area contributed by atoms with Crippen LogP contribution in [0.3, 0.4) is 0 Å². The molecular weight excluding hydrogens is 265 g/mol. The van der Waals surface area contributed by atoms with E-state index in [-0.39, 0.29) is 12.5 Å². The van der Waals surface area contributed by atoms with Gasteiger partial charge in [0.25, 0.3) is 0 Å². The minimum atomic E-state index is -1.08. The van der Waals surface area contributed by atoms with Crippen LogP contribution in [0.2, 0.25) is 0 Å². The Balaban J connectivity index is 2.67. The molecule has 2 N–H and O–H groups in total. The van der Waals surface area contributed by atoms with Crippen molar-refractivity contribution in [3.05, 3.63) is 35.6 Å². The predicted octanol–water partition coefficient (Wildman–Crippen LogP) is 1.54. The predicted molar refractivity (Wildman–Crippen MR) is 70.9 cm³/mol. The molecule has 0 fully saturated rings. The molecule has 0 aromatic heterocycles. The molecule has 6 heteroatoms. The van der Waals surface area contributed by atoms with Crippen molar-refractivity contribution in [2.24, 2.45) is 0 Å². The molecule has 0 aliphatic rings. The summed E-state index contributed by atoms with van der Waals surface area (Å²) < 4.78 is 17.9. The number of halogens is 1. The number of carboxylic acids is 1. The van der Waals surface area contributed by atoms with Crippen molar-refractivity contribution in [1.29, 1.82) is 0 Å². The maximum atomic E-state index is 12.8. The third-order valence-corrected chi connectivity index (χ3v) is 2.84. The number of benzene rings is 1. The van der Waals surface area contributed by atoms with Crippen molar-refractivity contribution < 1.29 is 23.8 Å². The monoisotopic (exact) mass is 283 g/mol. The molecule has 1 amide bonds. The molecule has 110 valence electrons. The highest BCUT2D eigenvalue weighted by Crippen LogP contribution is 2.16. The van der Waals surface area contributed by atoms with E-state index in [9.17, 15) is 19.1 Å². The Morgan fingerprint density at radius 1 is 1.35 bits per heavy atom. The first kappa shape index (κ1) is 16.1. The lowest BCUT2D eigenvalue weighted by Gasteiger charge is -2.16. The smallest absolute Gasteiger partial charge is 0.312 e. The van der Waals surface area contributed by atoms with E-state index in [1.165, 1.54) is 24.3 Å². The number of rotatable bonds is 7. The Kier molecular flexibility index (Phi) is 6.11. The second kappa shape index (κ2) is 7.59. The Hall–Kier alpha value is -1.95. The van der Waals surface area contributed by atoms with Crippen molar-refractivity contribution in [1.82, 2.24) is 5.32 Å². The number of carbonyl (C=O) groups excluding carboxylic acids is 1. The van der Waals surface area contributed by atoms with Crippen LogP contribution in [0.25, 0.3) is 0 Å². The molecule has 20 heavy (non-hydrogen) atoms. The van der Waals surface area contributed by atoms with E-state index in [0.29, 0.717) is 12.2 Å². The minimum Gasteiger partial charge on any atom is -0.481 e. The molecule has 5 nitrogen and oxygen atoms in total. The molecule has 0 spiro atoms. The van der Waals surface area contributed by atoms with Gasteiger partial charge in [0.15, 0.2) is 0 Å². The number of hydrogen-bond donors (Lipinski definition) is 2. The first-order valence-electron chi connectivity index (χ1n) is 6.33. The van der Waals surface area contributed by atoms with Crippen LogP contribution in [-0.4, -0.2) is 36.2 Å². The quantitative estimate of drug-likeness (QED) is 0.796. The van der Waals surface area contributed by atoms with Crippen LogP contribution < -0.4 is 5.32 Å². The zero-order chi connectivity index (χ0) is 15.1. The molecule has 0 aliphatic heterocycles. The standard InChI is InChI=1S/C14H18FNO4/c1-3-20-9(2)13(17)16-8-12(14(18)19)10-4-6-11(15)7-5-10/h4-7,9,12H,3,8H2,1-2H3,(H,16,17)(H,18,19). The Bertz CT molecular complexity index is 461. The number of amides is 1. The zero-order valence-electron chi connectivity index (χ0n) is 11.4. The summed E-state index contributed by atoms with van der Waals surface area (Å²) in [6.45, 7) is 3.68. The number of carboxylic acid groups (broad SMARTS) is 1. The summed E-state index contributed by atoms with van der Waals surface area (Å²) in [5, 5.41) is 11.7. The molecular formula is C14H18FNO4. The van der Waals surface area contributed by atoms with Gasteiger partial charge in [-0.05, 0) is 31.5 Å². The van der Waals surface area contributed by atoms with Crippen molar-refractivity contribution in [2.45, 2.75) is 25.9 Å². The molecule has 2 unspecified atom stereocenters. The normalized spacial score (nSPS) is 13.6. The van der Waals surface area contributed by atoms with Crippen LogP contribution in [0, 0.1) is 5.82 Å². The molecule has 0 aliphatic carbocycles. The summed E-state index contributed by atoms with van der Waals surface area (Å²) in [4.78, 5) is 22.9. The molecule has 1 rings (SSSR count). The fourth-order valence-electron chi connectivity index (χ4n) is 1.71. The largest absolute Gasteiger partial charge is 0.481 e. The Morgan fingerprint density at radius 2 is 1.95 bits per heavy atom. The average molecular weight is 283 g/mol. The zero-order valence-corrected chi connectivity index (χ0v) is 11.4. The number of carbonyl (C=O) groups is 2. The van der Waals surface area contributed by atoms with E-state index < -0.39 is 23.8 Å². The van der Waals surface area contributed by atoms with Crippen LogP contribution in [0.15, 0.2) is 24.3 Å². The van der Waals surface area contributed by atoms with E-state index in [1.807, 2.05) is 0 Å². The SMILES string of the molecule is CCOC(C)C(=O)NCC(C(=O)O)c1ccc(F)cc1. The van der Waals surface area contributed by atoms with Gasteiger partial charge >= 0.3 is 5.97 Å². The number of nitrogens with one attached hydrogen (secondary N) is 1. The second-order valence-corrected chi connectivity index (χ2v) is 4.29. The third-order valence-electron chi connectivity index (χ3n) is 2.84. The fraction of sp³-hybridized carbons (Fsp3) is 0.429. The van der Waals surface area contributed by atoms with Gasteiger partial charge < -0.3 is 15.2 Å². The van der Waals surface area contributed by atoms with Gasteiger partial charge in [0, 0.05) is 13.2 Å². The summed E-state index contributed by atoms with van der Waals surface area (Å²) in [6, 6.07) is 5.17. The van der Waals surface area contributed by atoms with Gasteiger partial charge in [-0.25, -0.2) is 4.39 Å². The maximum absolute atomic E-state index is 12.8. The topological polar surface area (TPSA) is 75.6 Å². The first-order chi connectivity index (χ1) is 9.45. The van der Waals surface area contributed by atoms with Gasteiger partial charge in [-0.3, -0.25) is 9.59 Å². The van der Waals surface area contributed by atoms with E-state index in [0.717, 1.165) is 0 Å². The van der Waals surface area contributed by atoms with E-state index in [4.69, 9.17) is 4.74 Å². The molecule has 0 saturated heterocycles. The lowest BCUT2D eigenvalue weighted by Crippen LogP contribution is -2.38. The second-order valence-electron chi connectivity index (χ2n) is 4.29. The van der Waals surface area contributed by atoms with Gasteiger partial charge in [-0.1, -0.05) is 12.1 Å². The van der Waals surface area contributed by atoms with Gasteiger partial charge in [0.2, 0.25) is 5.91 Å².